The zero-order chi connectivity index (χ0) is 21.7. The summed E-state index contributed by atoms with van der Waals surface area (Å²) in [6.07, 6.45) is -3.90. The van der Waals surface area contributed by atoms with E-state index < -0.39 is 17.7 Å². The molecule has 1 N–H and O–H groups in total. The summed E-state index contributed by atoms with van der Waals surface area (Å²) in [5.41, 5.74) is 0.0953. The number of alkyl halides is 3. The fraction of sp³-hybridized carbons (Fsp3) is 0.474. The number of rotatable bonds is 7. The molecule has 1 fully saturated rings. The first-order valence-electron chi connectivity index (χ1n) is 9.37. The molecule has 0 saturated carbocycles. The maximum atomic E-state index is 12.9. The molecule has 0 aliphatic carbocycles. The number of ether oxygens (including phenoxy) is 1. The number of hydrogen-bond donors (Lipinski definition) is 1. The zero-order valence-corrected chi connectivity index (χ0v) is 16.2. The van der Waals surface area contributed by atoms with Crippen molar-refractivity contribution in [2.75, 3.05) is 19.7 Å². The minimum absolute atomic E-state index is 0.0219. The lowest BCUT2D eigenvalue weighted by Crippen LogP contribution is -2.46. The van der Waals surface area contributed by atoms with Crippen LogP contribution in [0.5, 0.6) is 5.88 Å². The van der Waals surface area contributed by atoms with Gasteiger partial charge < -0.3 is 15.0 Å². The molecule has 3 rings (SSSR count). The molecule has 1 saturated heterocycles. The van der Waals surface area contributed by atoms with E-state index in [1.807, 2.05) is 0 Å². The van der Waals surface area contributed by atoms with Gasteiger partial charge in [-0.3, -0.25) is 9.59 Å². The second-order valence-corrected chi connectivity index (χ2v) is 7.00. The van der Waals surface area contributed by atoms with Crippen LogP contribution in [-0.4, -0.2) is 46.7 Å². The highest BCUT2D eigenvalue weighted by atomic mass is 19.4. The van der Waals surface area contributed by atoms with Crippen LogP contribution in [-0.2, 0) is 22.3 Å². The van der Waals surface area contributed by atoms with Crippen molar-refractivity contribution >= 4 is 11.8 Å². The lowest BCUT2D eigenvalue weighted by Gasteiger charge is -2.32. The predicted molar refractivity (Wildman–Crippen MR) is 97.1 cm³/mol. The van der Waals surface area contributed by atoms with Crippen molar-refractivity contribution in [3.8, 4) is 5.88 Å². The van der Waals surface area contributed by atoms with Crippen LogP contribution in [0.2, 0.25) is 0 Å². The summed E-state index contributed by atoms with van der Waals surface area (Å²) >= 11 is 0. The molecular formula is C19H21F3N4O4. The zero-order valence-electron chi connectivity index (χ0n) is 16.2. The number of amides is 2. The number of halogens is 3. The number of nitrogens with zero attached hydrogens (tertiary/aromatic N) is 3. The lowest BCUT2D eigenvalue weighted by atomic mass is 9.96. The van der Waals surface area contributed by atoms with E-state index in [4.69, 9.17) is 4.74 Å². The van der Waals surface area contributed by atoms with Crippen molar-refractivity contribution < 1.29 is 32.1 Å². The van der Waals surface area contributed by atoms with Gasteiger partial charge >= 0.3 is 6.18 Å². The fourth-order valence-electron chi connectivity index (χ4n) is 3.17. The van der Waals surface area contributed by atoms with Gasteiger partial charge in [-0.15, -0.1) is 0 Å². The van der Waals surface area contributed by atoms with Gasteiger partial charge in [0.25, 0.3) is 5.88 Å². The molecule has 0 spiro atoms. The lowest BCUT2D eigenvalue weighted by molar-refractivity contribution is -0.139. The molecule has 1 unspecified atom stereocenters. The Morgan fingerprint density at radius 3 is 2.87 bits per heavy atom. The Morgan fingerprint density at radius 2 is 2.17 bits per heavy atom. The molecule has 1 aliphatic rings. The highest BCUT2D eigenvalue weighted by Gasteiger charge is 2.32. The number of benzene rings is 1. The van der Waals surface area contributed by atoms with Gasteiger partial charge in [-0.05, 0) is 36.2 Å². The molecule has 30 heavy (non-hydrogen) atoms. The highest BCUT2D eigenvalue weighted by molar-refractivity contribution is 5.83. The van der Waals surface area contributed by atoms with E-state index in [1.165, 1.54) is 17.0 Å². The van der Waals surface area contributed by atoms with Gasteiger partial charge in [0, 0.05) is 19.5 Å². The van der Waals surface area contributed by atoms with Crippen LogP contribution < -0.4 is 10.1 Å². The summed E-state index contributed by atoms with van der Waals surface area (Å²) in [5, 5.41) is 9.87. The number of carbonyl (C=O) groups excluding carboxylic acids is 2. The average molecular weight is 426 g/mol. The van der Waals surface area contributed by atoms with E-state index in [0.717, 1.165) is 12.1 Å². The monoisotopic (exact) mass is 426 g/mol. The van der Waals surface area contributed by atoms with Gasteiger partial charge in [0.2, 0.25) is 11.8 Å². The summed E-state index contributed by atoms with van der Waals surface area (Å²) in [5.74, 6) is -0.618. The van der Waals surface area contributed by atoms with Gasteiger partial charge in [0.1, 0.15) is 12.3 Å². The third-order valence-electron chi connectivity index (χ3n) is 4.75. The first-order chi connectivity index (χ1) is 14.2. The first-order valence-corrected chi connectivity index (χ1v) is 9.37. The van der Waals surface area contributed by atoms with Crippen molar-refractivity contribution in [3.05, 3.63) is 41.1 Å². The van der Waals surface area contributed by atoms with Gasteiger partial charge in [-0.1, -0.05) is 17.3 Å². The van der Waals surface area contributed by atoms with Crippen molar-refractivity contribution in [3.63, 3.8) is 0 Å². The molecular weight excluding hydrogens is 405 g/mol. The smallest absolute Gasteiger partial charge is 0.416 e. The van der Waals surface area contributed by atoms with Crippen LogP contribution in [0.4, 0.5) is 13.2 Å². The summed E-state index contributed by atoms with van der Waals surface area (Å²) in [6.45, 7) is 2.23. The quantitative estimate of drug-likeness (QED) is 0.683. The van der Waals surface area contributed by atoms with Gasteiger partial charge in [-0.2, -0.15) is 13.2 Å². The van der Waals surface area contributed by atoms with Crippen LogP contribution in [0.25, 0.3) is 0 Å². The largest absolute Gasteiger partial charge is 0.472 e. The maximum absolute atomic E-state index is 12.9. The third kappa shape index (κ3) is 5.49. The predicted octanol–water partition coefficient (Wildman–Crippen LogP) is 2.33. The molecule has 2 amide bonds. The number of likely N-dealkylation sites (tertiary alicyclic amines) is 1. The van der Waals surface area contributed by atoms with Crippen molar-refractivity contribution in [2.24, 2.45) is 5.92 Å². The van der Waals surface area contributed by atoms with Crippen LogP contribution in [0.3, 0.4) is 0 Å². The van der Waals surface area contributed by atoms with E-state index in [-0.39, 0.29) is 50.4 Å². The minimum Gasteiger partial charge on any atom is -0.472 e. The van der Waals surface area contributed by atoms with Gasteiger partial charge in [0.05, 0.1) is 18.0 Å². The topological polar surface area (TPSA) is 97.6 Å². The Labute approximate surface area is 170 Å². The minimum atomic E-state index is -4.45. The number of hydrogen-bond acceptors (Lipinski definition) is 6. The van der Waals surface area contributed by atoms with E-state index in [0.29, 0.717) is 17.7 Å². The molecule has 0 bridgehead atoms. The van der Waals surface area contributed by atoms with Crippen LogP contribution in [0.15, 0.2) is 28.9 Å². The highest BCUT2D eigenvalue weighted by Crippen LogP contribution is 2.30. The number of aromatic nitrogens is 2. The SMILES string of the molecule is Cc1nonc1OCCNC(=O)C1CCC(=O)N(Cc2cccc(C(F)(F)F)c2)C1. The van der Waals surface area contributed by atoms with Crippen molar-refractivity contribution in [1.82, 2.24) is 20.5 Å². The molecule has 0 radical (unpaired) electrons. The molecule has 2 aromatic rings. The Hall–Kier alpha value is -3.11. The second-order valence-electron chi connectivity index (χ2n) is 7.00. The standard InChI is InChI=1S/C19H21F3N4O4/c1-12-18(25-30-24-12)29-8-7-23-17(28)14-5-6-16(27)26(11-14)10-13-3-2-4-15(9-13)19(20,21)22/h2-4,9,14H,5-8,10-11H2,1H3,(H,23,28). The summed E-state index contributed by atoms with van der Waals surface area (Å²) in [6, 6.07) is 4.85. The van der Waals surface area contributed by atoms with E-state index >= 15 is 0 Å². The fourth-order valence-corrected chi connectivity index (χ4v) is 3.17. The second kappa shape index (κ2) is 9.14. The van der Waals surface area contributed by atoms with Gasteiger partial charge in [-0.25, -0.2) is 4.63 Å². The molecule has 162 valence electrons. The molecule has 8 nitrogen and oxygen atoms in total. The van der Waals surface area contributed by atoms with E-state index in [9.17, 15) is 22.8 Å². The summed E-state index contributed by atoms with van der Waals surface area (Å²) < 4.78 is 48.5. The van der Waals surface area contributed by atoms with Crippen LogP contribution in [0.1, 0.15) is 29.7 Å². The average Bonchev–Trinajstić information content (AvgIpc) is 3.11. The van der Waals surface area contributed by atoms with Crippen LogP contribution in [0, 0.1) is 12.8 Å². The molecule has 1 atom stereocenters. The number of aryl methyl sites for hydroxylation is 1. The Bertz CT molecular complexity index is 900. The Kier molecular flexibility index (Phi) is 6.58. The molecule has 1 aromatic heterocycles. The third-order valence-corrected chi connectivity index (χ3v) is 4.75. The van der Waals surface area contributed by atoms with E-state index in [1.54, 1.807) is 6.92 Å². The first kappa shape index (κ1) is 21.6. The van der Waals surface area contributed by atoms with E-state index in [2.05, 4.69) is 20.3 Å². The molecule has 1 aliphatic heterocycles. The Morgan fingerprint density at radius 1 is 1.37 bits per heavy atom. The Balaban J connectivity index is 1.51. The molecule has 11 heteroatoms. The number of piperidine rings is 1. The summed E-state index contributed by atoms with van der Waals surface area (Å²) in [7, 11) is 0. The molecule has 2 heterocycles. The van der Waals surface area contributed by atoms with Crippen molar-refractivity contribution in [2.45, 2.75) is 32.5 Å². The normalized spacial score (nSPS) is 17.1. The van der Waals surface area contributed by atoms with Gasteiger partial charge in [0.15, 0.2) is 0 Å². The summed E-state index contributed by atoms with van der Waals surface area (Å²) in [4.78, 5) is 26.0. The molecule has 1 aromatic carbocycles. The number of carbonyl (C=O) groups is 2. The number of nitrogens with one attached hydrogen (secondary N) is 1. The van der Waals surface area contributed by atoms with Crippen molar-refractivity contribution in [1.29, 1.82) is 0 Å². The van der Waals surface area contributed by atoms with Crippen LogP contribution >= 0.6 is 0 Å². The maximum Gasteiger partial charge on any atom is 0.416 e.